The number of phenolic OH excluding ortho intramolecular Hbond substituents is 1. The smallest absolute Gasteiger partial charge is 0.115 e. The minimum absolute atomic E-state index is 0.352. The summed E-state index contributed by atoms with van der Waals surface area (Å²) in [6.07, 6.45) is 2.69. The van der Waals surface area contributed by atoms with Crippen molar-refractivity contribution in [2.75, 3.05) is 19.6 Å². The minimum atomic E-state index is 0.352. The number of hydrogen-bond donors (Lipinski definition) is 1. The van der Waals surface area contributed by atoms with Gasteiger partial charge < -0.3 is 5.11 Å². The lowest BCUT2D eigenvalue weighted by Crippen LogP contribution is -2.54. The third-order valence-corrected chi connectivity index (χ3v) is 5.24. The van der Waals surface area contributed by atoms with E-state index in [1.807, 2.05) is 12.1 Å². The van der Waals surface area contributed by atoms with Crippen LogP contribution in [0.4, 0.5) is 0 Å². The molecule has 0 aliphatic carbocycles. The Morgan fingerprint density at radius 1 is 1.37 bits per heavy atom. The molecule has 0 saturated carbocycles. The lowest BCUT2D eigenvalue weighted by Gasteiger charge is -2.42. The first-order chi connectivity index (χ1) is 9.13. The summed E-state index contributed by atoms with van der Waals surface area (Å²) in [4.78, 5) is 5.19. The van der Waals surface area contributed by atoms with Crippen molar-refractivity contribution in [2.24, 2.45) is 0 Å². The lowest BCUT2D eigenvalue weighted by atomic mass is 10.1. The number of rotatable bonds is 2. The minimum Gasteiger partial charge on any atom is -0.508 e. The Morgan fingerprint density at radius 2 is 2.21 bits per heavy atom. The predicted octanol–water partition coefficient (Wildman–Crippen LogP) is 2.82. The lowest BCUT2D eigenvalue weighted by molar-refractivity contribution is 0.0538. The molecule has 2 unspecified atom stereocenters. The van der Waals surface area contributed by atoms with Crippen LogP contribution >= 0.6 is 15.9 Å². The monoisotopic (exact) mass is 324 g/mol. The topological polar surface area (TPSA) is 26.7 Å². The van der Waals surface area contributed by atoms with Gasteiger partial charge in [0, 0.05) is 36.2 Å². The molecule has 1 N–H and O–H groups in total. The number of aromatic hydroxyl groups is 1. The van der Waals surface area contributed by atoms with Gasteiger partial charge in [-0.3, -0.25) is 9.80 Å². The summed E-state index contributed by atoms with van der Waals surface area (Å²) in [6.45, 7) is 6.84. The Balaban J connectivity index is 1.73. The molecule has 1 aromatic carbocycles. The van der Waals surface area contributed by atoms with Crippen LogP contribution in [0.2, 0.25) is 0 Å². The van der Waals surface area contributed by atoms with Crippen LogP contribution in [0.15, 0.2) is 22.7 Å². The first-order valence-corrected chi connectivity index (χ1v) is 7.88. The molecule has 2 fully saturated rings. The molecule has 2 saturated heterocycles. The number of fused-ring (bicyclic) bond motifs is 1. The first-order valence-electron chi connectivity index (χ1n) is 7.09. The molecule has 2 heterocycles. The quantitative estimate of drug-likeness (QED) is 0.906. The van der Waals surface area contributed by atoms with Crippen molar-refractivity contribution >= 4 is 15.9 Å². The van der Waals surface area contributed by atoms with Crippen molar-refractivity contribution in [3.05, 3.63) is 28.2 Å². The van der Waals surface area contributed by atoms with Gasteiger partial charge in [-0.05, 0) is 50.1 Å². The van der Waals surface area contributed by atoms with E-state index in [4.69, 9.17) is 0 Å². The largest absolute Gasteiger partial charge is 0.508 e. The number of hydrogen-bond acceptors (Lipinski definition) is 3. The second-order valence-corrected chi connectivity index (χ2v) is 6.70. The summed E-state index contributed by atoms with van der Waals surface area (Å²) in [5.41, 5.74) is 1.18. The van der Waals surface area contributed by atoms with E-state index in [9.17, 15) is 5.11 Å². The molecule has 2 aliphatic heterocycles. The van der Waals surface area contributed by atoms with Crippen molar-refractivity contribution in [2.45, 2.75) is 38.4 Å². The molecule has 3 nitrogen and oxygen atoms in total. The van der Waals surface area contributed by atoms with E-state index >= 15 is 0 Å². The van der Waals surface area contributed by atoms with Crippen LogP contribution < -0.4 is 0 Å². The Morgan fingerprint density at radius 3 is 3.05 bits per heavy atom. The second kappa shape index (κ2) is 5.43. The molecule has 0 spiro atoms. The highest BCUT2D eigenvalue weighted by Gasteiger charge is 2.34. The fraction of sp³-hybridized carbons (Fsp3) is 0.600. The fourth-order valence-electron chi connectivity index (χ4n) is 3.37. The van der Waals surface area contributed by atoms with E-state index in [-0.39, 0.29) is 0 Å². The summed E-state index contributed by atoms with van der Waals surface area (Å²) in [5, 5.41) is 9.64. The van der Waals surface area contributed by atoms with Crippen molar-refractivity contribution in [1.29, 1.82) is 0 Å². The number of nitrogens with zero attached hydrogens (tertiary/aromatic N) is 2. The first kappa shape index (κ1) is 13.4. The Bertz CT molecular complexity index is 465. The summed E-state index contributed by atoms with van der Waals surface area (Å²) >= 11 is 3.59. The molecule has 0 radical (unpaired) electrons. The zero-order chi connectivity index (χ0) is 13.4. The Labute approximate surface area is 123 Å². The molecule has 1 aromatic rings. The molecule has 0 bridgehead atoms. The van der Waals surface area contributed by atoms with Gasteiger partial charge in [0.05, 0.1) is 0 Å². The molecule has 0 amide bonds. The number of phenols is 1. The molecule has 2 atom stereocenters. The van der Waals surface area contributed by atoms with Crippen LogP contribution in [0.1, 0.15) is 25.3 Å². The maximum Gasteiger partial charge on any atom is 0.115 e. The van der Waals surface area contributed by atoms with Gasteiger partial charge >= 0.3 is 0 Å². The van der Waals surface area contributed by atoms with Crippen molar-refractivity contribution in [3.63, 3.8) is 0 Å². The van der Waals surface area contributed by atoms with Crippen LogP contribution in [-0.2, 0) is 6.54 Å². The predicted molar refractivity (Wildman–Crippen MR) is 80.3 cm³/mol. The molecule has 0 aromatic heterocycles. The van der Waals surface area contributed by atoms with Crippen LogP contribution in [0.5, 0.6) is 5.75 Å². The molecule has 4 heteroatoms. The van der Waals surface area contributed by atoms with Crippen LogP contribution in [0.25, 0.3) is 0 Å². The van der Waals surface area contributed by atoms with E-state index in [0.29, 0.717) is 11.8 Å². The Kier molecular flexibility index (Phi) is 3.83. The highest BCUT2D eigenvalue weighted by atomic mass is 79.9. The van der Waals surface area contributed by atoms with Crippen molar-refractivity contribution < 1.29 is 5.11 Å². The zero-order valence-corrected chi connectivity index (χ0v) is 12.9. The SMILES string of the molecule is CC1CN2CCCC2CN1Cc1cc(O)ccc1Br. The standard InChI is InChI=1S/C15H21BrN2O/c1-11-8-17-6-2-3-13(17)10-18(11)9-12-7-14(19)4-5-15(12)16/h4-5,7,11,13,19H,2-3,6,8-10H2,1H3. The fourth-order valence-corrected chi connectivity index (χ4v) is 3.74. The number of halogens is 1. The maximum absolute atomic E-state index is 9.64. The van der Waals surface area contributed by atoms with Gasteiger partial charge in [-0.15, -0.1) is 0 Å². The second-order valence-electron chi connectivity index (χ2n) is 5.85. The summed E-state index contributed by atoms with van der Waals surface area (Å²) in [6, 6.07) is 6.86. The molecule has 2 aliphatic rings. The maximum atomic E-state index is 9.64. The molecule has 3 rings (SSSR count). The summed E-state index contributed by atoms with van der Waals surface area (Å²) < 4.78 is 1.09. The van der Waals surface area contributed by atoms with Gasteiger partial charge in [0.2, 0.25) is 0 Å². The molecule has 19 heavy (non-hydrogen) atoms. The zero-order valence-electron chi connectivity index (χ0n) is 11.3. The number of benzene rings is 1. The average Bonchev–Trinajstić information content (AvgIpc) is 2.81. The average molecular weight is 325 g/mol. The Hall–Kier alpha value is -0.580. The van der Waals surface area contributed by atoms with Crippen LogP contribution in [-0.4, -0.2) is 46.6 Å². The summed E-state index contributed by atoms with van der Waals surface area (Å²) in [7, 11) is 0. The molecular formula is C15H21BrN2O. The number of piperazine rings is 1. The van der Waals surface area contributed by atoms with Gasteiger partial charge in [-0.25, -0.2) is 0 Å². The van der Waals surface area contributed by atoms with Crippen LogP contribution in [0, 0.1) is 0 Å². The van der Waals surface area contributed by atoms with Crippen molar-refractivity contribution in [1.82, 2.24) is 9.80 Å². The van der Waals surface area contributed by atoms with E-state index < -0.39 is 0 Å². The van der Waals surface area contributed by atoms with Gasteiger partial charge in [0.15, 0.2) is 0 Å². The normalized spacial score (nSPS) is 28.5. The van der Waals surface area contributed by atoms with E-state index in [0.717, 1.165) is 23.6 Å². The van der Waals surface area contributed by atoms with Gasteiger partial charge in [0.25, 0.3) is 0 Å². The van der Waals surface area contributed by atoms with E-state index in [1.54, 1.807) is 6.07 Å². The third kappa shape index (κ3) is 2.81. The van der Waals surface area contributed by atoms with E-state index in [1.165, 1.54) is 31.5 Å². The van der Waals surface area contributed by atoms with Gasteiger partial charge in [-0.1, -0.05) is 15.9 Å². The third-order valence-electron chi connectivity index (χ3n) is 4.47. The van der Waals surface area contributed by atoms with Gasteiger partial charge in [0.1, 0.15) is 5.75 Å². The van der Waals surface area contributed by atoms with Gasteiger partial charge in [-0.2, -0.15) is 0 Å². The summed E-state index contributed by atoms with van der Waals surface area (Å²) in [5.74, 6) is 0.352. The van der Waals surface area contributed by atoms with Crippen LogP contribution in [0.3, 0.4) is 0 Å². The highest BCUT2D eigenvalue weighted by molar-refractivity contribution is 9.10. The van der Waals surface area contributed by atoms with E-state index in [2.05, 4.69) is 32.7 Å². The molecule has 104 valence electrons. The molecular weight excluding hydrogens is 304 g/mol. The highest BCUT2D eigenvalue weighted by Crippen LogP contribution is 2.28. The van der Waals surface area contributed by atoms with Crippen molar-refractivity contribution in [3.8, 4) is 5.75 Å².